The average molecular weight is 282 g/mol. The second kappa shape index (κ2) is 3.94. The summed E-state index contributed by atoms with van der Waals surface area (Å²) in [6.07, 6.45) is 1.96. The fourth-order valence-electron chi connectivity index (χ4n) is 1.85. The van der Waals surface area contributed by atoms with Crippen molar-refractivity contribution in [2.24, 2.45) is 7.05 Å². The summed E-state index contributed by atoms with van der Waals surface area (Å²) in [6, 6.07) is 8.00. The molecule has 1 aromatic heterocycles. The molecule has 1 atom stereocenters. The van der Waals surface area contributed by atoms with E-state index in [9.17, 15) is 4.79 Å². The lowest BCUT2D eigenvalue weighted by atomic mass is 10.1. The van der Waals surface area contributed by atoms with Crippen molar-refractivity contribution in [3.63, 3.8) is 0 Å². The zero-order valence-electron chi connectivity index (χ0n) is 9.11. The van der Waals surface area contributed by atoms with Gasteiger partial charge in [0.25, 0.3) is 6.47 Å². The summed E-state index contributed by atoms with van der Waals surface area (Å²) < 4.78 is 6.29. The van der Waals surface area contributed by atoms with Crippen molar-refractivity contribution in [3.05, 3.63) is 36.0 Å². The van der Waals surface area contributed by atoms with Crippen LogP contribution in [0.25, 0.3) is 10.9 Å². The minimum Gasteiger partial charge on any atom is -0.445 e. The zero-order chi connectivity index (χ0) is 11.8. The number of aromatic nitrogens is 1. The summed E-state index contributed by atoms with van der Waals surface area (Å²) in [5, 5.41) is 1.08. The van der Waals surface area contributed by atoms with Gasteiger partial charge in [0.15, 0.2) is 4.51 Å². The molecule has 0 saturated heterocycles. The molecular formula is C12H12BrNO2. The number of fused-ring (bicyclic) bond motifs is 1. The number of hydrogen-bond acceptors (Lipinski definition) is 2. The monoisotopic (exact) mass is 281 g/mol. The van der Waals surface area contributed by atoms with Gasteiger partial charge >= 0.3 is 0 Å². The number of aryl methyl sites for hydroxylation is 1. The Bertz CT molecular complexity index is 531. The van der Waals surface area contributed by atoms with Gasteiger partial charge < -0.3 is 9.30 Å². The van der Waals surface area contributed by atoms with E-state index in [1.54, 1.807) is 0 Å². The first-order chi connectivity index (χ1) is 7.56. The van der Waals surface area contributed by atoms with E-state index in [1.807, 2.05) is 49.0 Å². The molecule has 0 saturated carbocycles. The molecule has 0 aliphatic rings. The van der Waals surface area contributed by atoms with E-state index in [1.165, 1.54) is 0 Å². The van der Waals surface area contributed by atoms with E-state index < -0.39 is 4.51 Å². The Morgan fingerprint density at radius 2 is 2.12 bits per heavy atom. The summed E-state index contributed by atoms with van der Waals surface area (Å²) in [5.41, 5.74) is 2.05. The number of para-hydroxylation sites is 1. The quantitative estimate of drug-likeness (QED) is 0.640. The number of alkyl halides is 1. The topological polar surface area (TPSA) is 31.2 Å². The number of rotatable bonds is 3. The van der Waals surface area contributed by atoms with Crippen LogP contribution in [-0.4, -0.2) is 11.0 Å². The van der Waals surface area contributed by atoms with Crippen LogP contribution >= 0.6 is 15.9 Å². The number of halogens is 1. The van der Waals surface area contributed by atoms with Crippen molar-refractivity contribution in [3.8, 4) is 0 Å². The van der Waals surface area contributed by atoms with Crippen LogP contribution in [0.5, 0.6) is 0 Å². The van der Waals surface area contributed by atoms with E-state index in [4.69, 9.17) is 4.74 Å². The maximum absolute atomic E-state index is 10.5. The van der Waals surface area contributed by atoms with Crippen molar-refractivity contribution in [2.45, 2.75) is 11.4 Å². The van der Waals surface area contributed by atoms with Crippen LogP contribution in [0.1, 0.15) is 12.5 Å². The predicted octanol–water partition coefficient (Wildman–Crippen LogP) is 2.92. The lowest BCUT2D eigenvalue weighted by Gasteiger charge is -2.19. The zero-order valence-corrected chi connectivity index (χ0v) is 10.7. The number of benzene rings is 1. The van der Waals surface area contributed by atoms with Crippen LogP contribution in [0.2, 0.25) is 0 Å². The van der Waals surface area contributed by atoms with Crippen LogP contribution in [0.3, 0.4) is 0 Å². The largest absolute Gasteiger partial charge is 0.445 e. The molecule has 2 rings (SSSR count). The highest BCUT2D eigenvalue weighted by atomic mass is 79.9. The summed E-state index contributed by atoms with van der Waals surface area (Å²) in [6.45, 7) is 2.26. The van der Waals surface area contributed by atoms with Gasteiger partial charge in [0.2, 0.25) is 0 Å². The highest BCUT2D eigenvalue weighted by Crippen LogP contribution is 2.37. The number of hydrogen-bond donors (Lipinski definition) is 0. The normalized spacial score (nSPS) is 14.7. The number of nitrogens with zero attached hydrogens (tertiary/aromatic N) is 1. The highest BCUT2D eigenvalue weighted by Gasteiger charge is 2.28. The maximum Gasteiger partial charge on any atom is 0.294 e. The summed E-state index contributed by atoms with van der Waals surface area (Å²) in [4.78, 5) is 10.5. The summed E-state index contributed by atoms with van der Waals surface area (Å²) in [5.74, 6) is 0. The fraction of sp³-hybridized carbons (Fsp3) is 0.250. The second-order valence-corrected chi connectivity index (χ2v) is 5.31. The van der Waals surface area contributed by atoms with Gasteiger partial charge in [-0.15, -0.1) is 0 Å². The molecule has 0 aliphatic heterocycles. The molecule has 1 aromatic carbocycles. The molecule has 1 unspecified atom stereocenters. The number of carbonyl (C=O) groups excluding carboxylic acids is 1. The summed E-state index contributed by atoms with van der Waals surface area (Å²) >= 11 is 3.42. The molecule has 0 bridgehead atoms. The molecule has 84 valence electrons. The Morgan fingerprint density at radius 3 is 2.81 bits per heavy atom. The van der Waals surface area contributed by atoms with Crippen LogP contribution in [0, 0.1) is 0 Å². The number of carbonyl (C=O) groups is 1. The Hall–Kier alpha value is -1.29. The van der Waals surface area contributed by atoms with Gasteiger partial charge in [-0.1, -0.05) is 18.2 Å². The van der Waals surface area contributed by atoms with E-state index in [0.717, 1.165) is 16.5 Å². The third-order valence-corrected chi connectivity index (χ3v) is 3.26. The van der Waals surface area contributed by atoms with E-state index in [-0.39, 0.29) is 0 Å². The molecule has 2 aromatic rings. The molecule has 16 heavy (non-hydrogen) atoms. The van der Waals surface area contributed by atoms with Gasteiger partial charge in [0, 0.05) is 29.7 Å². The van der Waals surface area contributed by atoms with Crippen LogP contribution in [-0.2, 0) is 21.1 Å². The molecule has 0 aliphatic carbocycles. The predicted molar refractivity (Wildman–Crippen MR) is 66.3 cm³/mol. The first-order valence-electron chi connectivity index (χ1n) is 4.91. The Kier molecular flexibility index (Phi) is 2.76. The maximum atomic E-state index is 10.5. The van der Waals surface area contributed by atoms with Gasteiger partial charge in [-0.25, -0.2) is 0 Å². The first-order valence-corrected chi connectivity index (χ1v) is 5.70. The van der Waals surface area contributed by atoms with Gasteiger partial charge in [0.05, 0.1) is 0 Å². The van der Waals surface area contributed by atoms with Gasteiger partial charge in [-0.2, -0.15) is 0 Å². The second-order valence-electron chi connectivity index (χ2n) is 3.80. The van der Waals surface area contributed by atoms with Crippen LogP contribution in [0.4, 0.5) is 0 Å². The average Bonchev–Trinajstić information content (AvgIpc) is 2.58. The van der Waals surface area contributed by atoms with Crippen molar-refractivity contribution in [1.29, 1.82) is 0 Å². The highest BCUT2D eigenvalue weighted by molar-refractivity contribution is 9.09. The van der Waals surface area contributed by atoms with Crippen molar-refractivity contribution >= 4 is 33.3 Å². The fourth-order valence-corrected chi connectivity index (χ4v) is 2.24. The smallest absolute Gasteiger partial charge is 0.294 e. The van der Waals surface area contributed by atoms with Gasteiger partial charge in [-0.05, 0) is 28.9 Å². The van der Waals surface area contributed by atoms with Gasteiger partial charge in [0.1, 0.15) is 0 Å². The molecule has 3 nitrogen and oxygen atoms in total. The minimum atomic E-state index is -0.782. The molecule has 0 fully saturated rings. The van der Waals surface area contributed by atoms with Crippen molar-refractivity contribution in [1.82, 2.24) is 4.57 Å². The van der Waals surface area contributed by atoms with Crippen molar-refractivity contribution < 1.29 is 9.53 Å². The van der Waals surface area contributed by atoms with E-state index >= 15 is 0 Å². The molecule has 1 heterocycles. The Morgan fingerprint density at radius 1 is 1.44 bits per heavy atom. The Labute approximate surface area is 102 Å². The lowest BCUT2D eigenvalue weighted by molar-refractivity contribution is -0.134. The minimum absolute atomic E-state index is 0.455. The Balaban J connectivity index is 2.65. The number of ether oxygens (including phenoxy) is 1. The van der Waals surface area contributed by atoms with E-state index in [2.05, 4.69) is 15.9 Å². The lowest BCUT2D eigenvalue weighted by Crippen LogP contribution is -2.16. The van der Waals surface area contributed by atoms with E-state index in [0.29, 0.717) is 6.47 Å². The third-order valence-electron chi connectivity index (χ3n) is 2.65. The molecule has 0 N–H and O–H groups in total. The molecule has 4 heteroatoms. The first kappa shape index (κ1) is 11.2. The third kappa shape index (κ3) is 1.73. The van der Waals surface area contributed by atoms with Gasteiger partial charge in [-0.3, -0.25) is 4.79 Å². The SMILES string of the molecule is Cn1cc(C(C)(Br)OC=O)c2ccccc21. The van der Waals surface area contributed by atoms with Crippen LogP contribution < -0.4 is 0 Å². The molecule has 0 spiro atoms. The standard InChI is InChI=1S/C12H12BrNO2/c1-12(13,16-8-15)10-7-14(2)11-6-4-3-5-9(10)11/h3-8H,1-2H3. The molecule has 0 amide bonds. The summed E-state index contributed by atoms with van der Waals surface area (Å²) in [7, 11) is 1.97. The molecule has 0 radical (unpaired) electrons. The van der Waals surface area contributed by atoms with Crippen LogP contribution in [0.15, 0.2) is 30.5 Å². The molecular weight excluding hydrogens is 270 g/mol. The van der Waals surface area contributed by atoms with Crippen molar-refractivity contribution in [2.75, 3.05) is 0 Å².